The highest BCUT2D eigenvalue weighted by atomic mass is 32.1. The van der Waals surface area contributed by atoms with Crippen LogP contribution in [0.25, 0.3) is 0 Å². The largest absolute Gasteiger partial charge is 0.387 e. The fourth-order valence-electron chi connectivity index (χ4n) is 2.24. The Morgan fingerprint density at radius 1 is 1.23 bits per heavy atom. The molecule has 0 bridgehead atoms. The Bertz CT molecular complexity index is 850. The SMILES string of the molecule is O=c1ccn([C@@H]2O[C@H](COP(=O)(O)CCP(=O)(O)O)[C@H](O)[C@@H]2O)c(=S)[nH]1. The van der Waals surface area contributed by atoms with Gasteiger partial charge in [-0.2, -0.15) is 0 Å². The first-order valence-electron chi connectivity index (χ1n) is 7.24. The molecule has 0 radical (unpaired) electrons. The quantitative estimate of drug-likeness (QED) is 0.226. The second kappa shape index (κ2) is 8.11. The molecule has 0 spiro atoms. The van der Waals surface area contributed by atoms with Gasteiger partial charge in [-0.25, -0.2) is 0 Å². The van der Waals surface area contributed by atoms with Crippen molar-refractivity contribution in [2.75, 3.05) is 18.9 Å². The summed E-state index contributed by atoms with van der Waals surface area (Å²) in [6.45, 7) is -0.611. The zero-order valence-corrected chi connectivity index (χ0v) is 15.7. The molecule has 1 saturated heterocycles. The summed E-state index contributed by atoms with van der Waals surface area (Å²) in [5.74, 6) is 0. The van der Waals surface area contributed by atoms with Gasteiger partial charge in [0.2, 0.25) is 0 Å². The first-order valence-corrected chi connectivity index (χ1v) is 11.2. The van der Waals surface area contributed by atoms with E-state index in [1.165, 1.54) is 10.8 Å². The number of nitrogens with zero attached hydrogens (tertiary/aromatic N) is 1. The molecule has 1 aromatic rings. The summed E-state index contributed by atoms with van der Waals surface area (Å²) >= 11 is 4.94. The number of aromatic amines is 1. The van der Waals surface area contributed by atoms with Crippen LogP contribution in [0.1, 0.15) is 6.23 Å². The molecule has 26 heavy (non-hydrogen) atoms. The van der Waals surface area contributed by atoms with Crippen molar-refractivity contribution in [3.05, 3.63) is 27.4 Å². The molecule has 15 heteroatoms. The molecule has 2 rings (SSSR count). The summed E-state index contributed by atoms with van der Waals surface area (Å²) in [7, 11) is -8.80. The number of hydrogen-bond donors (Lipinski definition) is 6. The summed E-state index contributed by atoms with van der Waals surface area (Å²) in [6, 6.07) is 1.13. The van der Waals surface area contributed by atoms with Gasteiger partial charge >= 0.3 is 15.2 Å². The first-order chi connectivity index (χ1) is 11.9. The summed E-state index contributed by atoms with van der Waals surface area (Å²) in [5.41, 5.74) is -0.467. The molecule has 1 aromatic heterocycles. The van der Waals surface area contributed by atoms with E-state index >= 15 is 0 Å². The molecule has 1 aliphatic heterocycles. The van der Waals surface area contributed by atoms with Gasteiger partial charge in [-0.15, -0.1) is 0 Å². The maximum Gasteiger partial charge on any atom is 0.328 e. The summed E-state index contributed by atoms with van der Waals surface area (Å²) in [6.07, 6.45) is -5.70. The zero-order valence-electron chi connectivity index (χ0n) is 13.1. The molecule has 0 amide bonds. The Hall–Kier alpha value is -0.720. The van der Waals surface area contributed by atoms with E-state index in [1.807, 2.05) is 0 Å². The highest BCUT2D eigenvalue weighted by Crippen LogP contribution is 2.47. The molecule has 0 aliphatic carbocycles. The second-order valence-corrected chi connectivity index (χ2v) is 9.75. The molecular formula is C11H18N2O10P2S. The minimum absolute atomic E-state index is 0.0650. The highest BCUT2D eigenvalue weighted by Gasteiger charge is 2.44. The Morgan fingerprint density at radius 2 is 1.88 bits per heavy atom. The van der Waals surface area contributed by atoms with Crippen molar-refractivity contribution in [2.24, 2.45) is 0 Å². The van der Waals surface area contributed by atoms with Crippen LogP contribution in [0.4, 0.5) is 0 Å². The predicted octanol–water partition coefficient (Wildman–Crippen LogP) is -1.10. The molecule has 148 valence electrons. The van der Waals surface area contributed by atoms with E-state index in [1.54, 1.807) is 0 Å². The molecule has 0 aromatic carbocycles. The number of aromatic nitrogens is 2. The summed E-state index contributed by atoms with van der Waals surface area (Å²) < 4.78 is 33.8. The third kappa shape index (κ3) is 5.64. The molecule has 1 unspecified atom stereocenters. The number of rotatable bonds is 7. The van der Waals surface area contributed by atoms with Gasteiger partial charge in [0.25, 0.3) is 5.56 Å². The van der Waals surface area contributed by atoms with Crippen molar-refractivity contribution in [1.29, 1.82) is 0 Å². The molecule has 2 heterocycles. The van der Waals surface area contributed by atoms with Gasteiger partial charge in [-0.3, -0.25) is 23.5 Å². The van der Waals surface area contributed by atoms with Crippen LogP contribution in [0.3, 0.4) is 0 Å². The van der Waals surface area contributed by atoms with E-state index in [0.29, 0.717) is 0 Å². The van der Waals surface area contributed by atoms with Crippen molar-refractivity contribution in [3.8, 4) is 0 Å². The van der Waals surface area contributed by atoms with Crippen molar-refractivity contribution in [3.63, 3.8) is 0 Å². The van der Waals surface area contributed by atoms with Crippen LogP contribution >= 0.6 is 27.4 Å². The molecule has 5 atom stereocenters. The van der Waals surface area contributed by atoms with E-state index in [2.05, 4.69) is 4.98 Å². The number of ether oxygens (including phenoxy) is 1. The lowest BCUT2D eigenvalue weighted by molar-refractivity contribution is -0.0515. The van der Waals surface area contributed by atoms with Gasteiger partial charge in [0.05, 0.1) is 18.9 Å². The van der Waals surface area contributed by atoms with Crippen LogP contribution in [0.2, 0.25) is 0 Å². The van der Waals surface area contributed by atoms with E-state index in [4.69, 9.17) is 31.3 Å². The minimum Gasteiger partial charge on any atom is -0.387 e. The van der Waals surface area contributed by atoms with Crippen LogP contribution in [0.5, 0.6) is 0 Å². The predicted molar refractivity (Wildman–Crippen MR) is 89.4 cm³/mol. The van der Waals surface area contributed by atoms with Crippen LogP contribution in [0.15, 0.2) is 17.1 Å². The maximum atomic E-state index is 11.8. The van der Waals surface area contributed by atoms with Crippen LogP contribution in [-0.2, 0) is 18.4 Å². The van der Waals surface area contributed by atoms with Gasteiger partial charge in [0.15, 0.2) is 11.0 Å². The van der Waals surface area contributed by atoms with E-state index in [0.717, 1.165) is 6.07 Å². The van der Waals surface area contributed by atoms with Crippen molar-refractivity contribution in [2.45, 2.75) is 24.5 Å². The van der Waals surface area contributed by atoms with Gasteiger partial charge in [-0.1, -0.05) is 0 Å². The number of aliphatic hydroxyl groups is 2. The van der Waals surface area contributed by atoms with Gasteiger partial charge in [0.1, 0.15) is 18.3 Å². The average molecular weight is 432 g/mol. The standard InChI is InChI=1S/C11H18N2O10P2S/c14-7-1-2-13(11(26)12-7)10-9(16)8(15)6(23-10)5-22-25(20,21)4-3-24(17,18)19/h1-2,6,8-10,15-16H,3-5H2,(H,20,21)(H,12,14,26)(H2,17,18,19)/t6-,8+,9+,10-/m1/s1. The monoisotopic (exact) mass is 432 g/mol. The van der Waals surface area contributed by atoms with Crippen molar-refractivity contribution >= 4 is 27.4 Å². The van der Waals surface area contributed by atoms with E-state index in [-0.39, 0.29) is 4.77 Å². The summed E-state index contributed by atoms with van der Waals surface area (Å²) in [4.78, 5) is 40.5. The molecular weight excluding hydrogens is 414 g/mol. The zero-order chi connectivity index (χ0) is 19.7. The molecule has 1 fully saturated rings. The molecule has 1 aliphatic rings. The Kier molecular flexibility index (Phi) is 6.73. The van der Waals surface area contributed by atoms with Crippen LogP contribution in [0, 0.1) is 4.77 Å². The third-order valence-corrected chi connectivity index (χ3v) is 6.39. The fraction of sp³-hybridized carbons (Fsp3) is 0.636. The number of H-pyrrole nitrogens is 1. The Labute approximate surface area is 151 Å². The van der Waals surface area contributed by atoms with Gasteiger partial charge in [-0.05, 0) is 12.2 Å². The van der Waals surface area contributed by atoms with E-state index < -0.39 is 64.2 Å². The molecule has 6 N–H and O–H groups in total. The van der Waals surface area contributed by atoms with Crippen molar-refractivity contribution in [1.82, 2.24) is 9.55 Å². The first kappa shape index (κ1) is 21.6. The van der Waals surface area contributed by atoms with E-state index in [9.17, 15) is 29.0 Å². The van der Waals surface area contributed by atoms with Gasteiger partial charge < -0.3 is 34.2 Å². The highest BCUT2D eigenvalue weighted by molar-refractivity contribution is 7.71. The lowest BCUT2D eigenvalue weighted by atomic mass is 10.1. The normalized spacial score (nSPS) is 28.8. The second-order valence-electron chi connectivity index (χ2n) is 5.61. The lowest BCUT2D eigenvalue weighted by Gasteiger charge is -2.18. The van der Waals surface area contributed by atoms with Crippen LogP contribution < -0.4 is 5.56 Å². The average Bonchev–Trinajstić information content (AvgIpc) is 2.79. The summed E-state index contributed by atoms with van der Waals surface area (Å²) in [5, 5.41) is 20.1. The van der Waals surface area contributed by atoms with Gasteiger partial charge in [0, 0.05) is 12.3 Å². The molecule has 12 nitrogen and oxygen atoms in total. The Balaban J connectivity index is 2.03. The lowest BCUT2D eigenvalue weighted by Crippen LogP contribution is -2.34. The number of aliphatic hydroxyl groups excluding tert-OH is 2. The van der Waals surface area contributed by atoms with Crippen LogP contribution in [-0.4, -0.2) is 71.7 Å². The number of nitrogens with one attached hydrogen (secondary N) is 1. The number of hydrogen-bond acceptors (Lipinski definition) is 8. The minimum atomic E-state index is -4.47. The maximum absolute atomic E-state index is 11.8. The smallest absolute Gasteiger partial charge is 0.328 e. The fourth-order valence-corrected chi connectivity index (χ4v) is 5.06. The third-order valence-electron chi connectivity index (χ3n) is 3.58. The Morgan fingerprint density at radius 3 is 2.46 bits per heavy atom. The topological polar surface area (TPSA) is 192 Å². The molecule has 0 saturated carbocycles. The van der Waals surface area contributed by atoms with Crippen molar-refractivity contribution < 1.29 is 43.3 Å².